The summed E-state index contributed by atoms with van der Waals surface area (Å²) in [6.07, 6.45) is -2.45. The molecule has 3 atom stereocenters. The first-order chi connectivity index (χ1) is 15.8. The molecule has 3 unspecified atom stereocenters. The molecule has 0 spiro atoms. The maximum atomic E-state index is 12.8. The molecule has 4 N–H and O–H groups in total. The van der Waals surface area contributed by atoms with Gasteiger partial charge >= 0.3 is 15.6 Å². The van der Waals surface area contributed by atoms with Gasteiger partial charge in [-0.25, -0.2) is 0 Å². The third kappa shape index (κ3) is 4.70. The second-order valence-electron chi connectivity index (χ2n) is 6.92. The van der Waals surface area contributed by atoms with E-state index in [0.717, 1.165) is 23.5 Å². The number of halogens is 3. The van der Waals surface area contributed by atoms with Gasteiger partial charge in [-0.3, -0.25) is 14.6 Å². The number of hydrogen-bond acceptors (Lipinski definition) is 12. The van der Waals surface area contributed by atoms with Gasteiger partial charge in [-0.2, -0.15) is 30.9 Å². The zero-order chi connectivity index (χ0) is 25.4. The fourth-order valence-corrected chi connectivity index (χ4v) is 4.38. The van der Waals surface area contributed by atoms with Gasteiger partial charge in [-0.15, -0.1) is 0 Å². The monoisotopic (exact) mass is 528 g/mol. The van der Waals surface area contributed by atoms with Crippen LogP contribution in [0.4, 0.5) is 18.3 Å². The number of carbonyl (C=O) groups excluding carboxylic acids is 2. The highest BCUT2D eigenvalue weighted by Crippen LogP contribution is 2.40. The minimum absolute atomic E-state index is 0.0439. The molecule has 2 amide bonds. The average molecular weight is 528 g/mol. The van der Waals surface area contributed by atoms with Crippen molar-refractivity contribution in [2.45, 2.75) is 43.6 Å². The second kappa shape index (κ2) is 9.43. The summed E-state index contributed by atoms with van der Waals surface area (Å²) in [6.45, 7) is 1.84. The molecule has 1 aromatic heterocycles. The van der Waals surface area contributed by atoms with Gasteiger partial charge in [0.05, 0.1) is 6.04 Å². The Morgan fingerprint density at radius 2 is 2.15 bits per heavy atom. The van der Waals surface area contributed by atoms with Crippen LogP contribution in [0.2, 0.25) is 0 Å². The number of aliphatic hydroxyl groups excluding tert-OH is 1. The van der Waals surface area contributed by atoms with Crippen LogP contribution in [-0.2, 0) is 28.6 Å². The van der Waals surface area contributed by atoms with Gasteiger partial charge in [0.1, 0.15) is 17.5 Å². The second-order valence-corrected chi connectivity index (χ2v) is 9.25. The van der Waals surface area contributed by atoms with Gasteiger partial charge in [0.2, 0.25) is 0 Å². The number of amides is 2. The lowest BCUT2D eigenvalue weighted by Crippen LogP contribution is -2.72. The summed E-state index contributed by atoms with van der Waals surface area (Å²) >= 11 is 0.836. The van der Waals surface area contributed by atoms with E-state index in [2.05, 4.69) is 28.6 Å². The van der Waals surface area contributed by atoms with Crippen molar-refractivity contribution in [2.24, 2.45) is 4.99 Å². The Bertz CT molecular complexity index is 1150. The summed E-state index contributed by atoms with van der Waals surface area (Å²) in [4.78, 5) is 34.3. The van der Waals surface area contributed by atoms with Gasteiger partial charge in [0, 0.05) is 31.6 Å². The maximum Gasteiger partial charge on any atom is 0.534 e. The summed E-state index contributed by atoms with van der Waals surface area (Å²) < 4.78 is 74.0. The van der Waals surface area contributed by atoms with Crippen molar-refractivity contribution in [3.8, 4) is 0 Å². The number of nitrogens with two attached hydrogens (primary N) is 1. The molecular weight excluding hydrogens is 509 g/mol. The van der Waals surface area contributed by atoms with Crippen molar-refractivity contribution in [3.63, 3.8) is 0 Å². The van der Waals surface area contributed by atoms with Crippen LogP contribution in [0.1, 0.15) is 25.6 Å². The number of alkyl halides is 3. The molecule has 0 aliphatic carbocycles. The number of nitrogens with one attached hydrogen (secondary N) is 1. The van der Waals surface area contributed by atoms with Crippen LogP contribution >= 0.6 is 11.5 Å². The van der Waals surface area contributed by atoms with Crippen LogP contribution in [0.15, 0.2) is 16.4 Å². The number of hydrogen-bond donors (Lipinski definition) is 3. The third-order valence-electron chi connectivity index (χ3n) is 4.85. The molecule has 2 aliphatic heterocycles. The topological polar surface area (TPSA) is 186 Å². The highest BCUT2D eigenvalue weighted by molar-refractivity contribution is 7.87. The Labute approximate surface area is 194 Å². The van der Waals surface area contributed by atoms with Crippen LogP contribution in [0, 0.1) is 0 Å². The van der Waals surface area contributed by atoms with E-state index in [4.69, 9.17) is 5.73 Å². The van der Waals surface area contributed by atoms with Crippen molar-refractivity contribution in [3.05, 3.63) is 17.3 Å². The number of aromatic nitrogens is 2. The van der Waals surface area contributed by atoms with Crippen molar-refractivity contribution >= 4 is 44.3 Å². The maximum absolute atomic E-state index is 12.8. The van der Waals surface area contributed by atoms with E-state index in [9.17, 15) is 36.3 Å². The summed E-state index contributed by atoms with van der Waals surface area (Å²) in [5.74, 6) is -2.47. The summed E-state index contributed by atoms with van der Waals surface area (Å²) in [6, 6.07) is -1.97. The van der Waals surface area contributed by atoms with Crippen LogP contribution in [-0.4, -0.2) is 82.8 Å². The van der Waals surface area contributed by atoms with E-state index in [1.54, 1.807) is 6.92 Å². The highest BCUT2D eigenvalue weighted by Gasteiger charge is 2.56. The summed E-state index contributed by atoms with van der Waals surface area (Å²) in [5.41, 5.74) is -0.966. The third-order valence-corrected chi connectivity index (χ3v) is 6.38. The SMILES string of the molecule is CCN=C(C(=O)NC1C(=O)N2C(C(O)OC)=C(OS(=O)(=O)C(F)(F)F)CCC12)c1nsc(N)n1. The molecule has 2 aliphatic rings. The number of anilines is 1. The number of rotatable bonds is 8. The molecule has 0 saturated carbocycles. The molecule has 0 radical (unpaired) electrons. The predicted molar refractivity (Wildman–Crippen MR) is 109 cm³/mol. The zero-order valence-corrected chi connectivity index (χ0v) is 19.2. The molecule has 34 heavy (non-hydrogen) atoms. The van der Waals surface area contributed by atoms with E-state index in [1.807, 2.05) is 0 Å². The molecule has 1 saturated heterocycles. The molecule has 188 valence electrons. The van der Waals surface area contributed by atoms with Crippen molar-refractivity contribution in [1.29, 1.82) is 0 Å². The minimum atomic E-state index is -6.06. The molecule has 13 nitrogen and oxygen atoms in total. The van der Waals surface area contributed by atoms with E-state index in [1.165, 1.54) is 0 Å². The Hall–Kier alpha value is -2.83. The van der Waals surface area contributed by atoms with Crippen LogP contribution in [0.5, 0.6) is 0 Å². The van der Waals surface area contributed by atoms with E-state index < -0.39 is 63.7 Å². The first-order valence-corrected chi connectivity index (χ1v) is 11.7. The van der Waals surface area contributed by atoms with Gasteiger partial charge in [0.15, 0.2) is 23.0 Å². The Balaban J connectivity index is 1.85. The number of aliphatic hydroxyl groups is 1. The molecule has 0 aromatic carbocycles. The Kier molecular flexibility index (Phi) is 7.15. The van der Waals surface area contributed by atoms with E-state index in [-0.39, 0.29) is 29.6 Å². The fourth-order valence-electron chi connectivity index (χ4n) is 3.41. The number of nitrogens with zero attached hydrogens (tertiary/aromatic N) is 4. The predicted octanol–water partition coefficient (Wildman–Crippen LogP) is -0.539. The molecule has 1 aromatic rings. The Morgan fingerprint density at radius 3 is 2.68 bits per heavy atom. The quantitative estimate of drug-likeness (QED) is 0.130. The number of ether oxygens (including phenoxy) is 1. The first-order valence-electron chi connectivity index (χ1n) is 9.55. The minimum Gasteiger partial charge on any atom is -0.378 e. The van der Waals surface area contributed by atoms with Crippen LogP contribution in [0.3, 0.4) is 0 Å². The molecule has 1 fully saturated rings. The number of carbonyl (C=O) groups is 2. The van der Waals surface area contributed by atoms with Gasteiger partial charge < -0.3 is 30.0 Å². The number of aliphatic imine (C=N–C) groups is 1. The lowest BCUT2D eigenvalue weighted by molar-refractivity contribution is -0.158. The summed E-state index contributed by atoms with van der Waals surface area (Å²) in [5, 5.41) is 12.7. The molecular formula is C16H19F3N6O7S2. The van der Waals surface area contributed by atoms with Crippen molar-refractivity contribution in [2.75, 3.05) is 19.4 Å². The molecule has 0 bridgehead atoms. The van der Waals surface area contributed by atoms with Gasteiger partial charge in [-0.1, -0.05) is 0 Å². The number of methoxy groups -OCH3 is 1. The van der Waals surface area contributed by atoms with Crippen LogP contribution < -0.4 is 11.1 Å². The van der Waals surface area contributed by atoms with E-state index in [0.29, 0.717) is 0 Å². The lowest BCUT2D eigenvalue weighted by Gasteiger charge is -2.51. The normalized spacial score (nSPS) is 22.2. The molecule has 3 rings (SSSR count). The zero-order valence-electron chi connectivity index (χ0n) is 17.6. The van der Waals surface area contributed by atoms with Gasteiger partial charge in [0.25, 0.3) is 11.8 Å². The molecule has 3 heterocycles. The number of β-lactam (4-membered cyclic amide) rings is 1. The standard InChI is InChI=1S/C16H19F3N6O7S2/c1-3-21-9(11-23-15(20)33-24-11)12(26)22-8-6-4-5-7(32-34(29,30)16(17,18)19)10(14(28)31-2)25(6)13(8)27/h6,8,14,28H,3-5H2,1-2H3,(H,22,26)(H2,20,23,24). The smallest absolute Gasteiger partial charge is 0.378 e. The van der Waals surface area contributed by atoms with E-state index >= 15 is 0 Å². The van der Waals surface area contributed by atoms with Crippen molar-refractivity contribution in [1.82, 2.24) is 19.6 Å². The number of fused-ring (bicyclic) bond motifs is 1. The number of nitrogen functional groups attached to an aromatic ring is 1. The summed E-state index contributed by atoms with van der Waals surface area (Å²) in [7, 11) is -5.07. The van der Waals surface area contributed by atoms with Gasteiger partial charge in [-0.05, 0) is 13.3 Å². The largest absolute Gasteiger partial charge is 0.534 e. The van der Waals surface area contributed by atoms with Crippen LogP contribution in [0.25, 0.3) is 0 Å². The average Bonchev–Trinajstić information content (AvgIpc) is 3.19. The fraction of sp³-hybridized carbons (Fsp3) is 0.562. The number of allylic oxidation sites excluding steroid dienone is 1. The van der Waals surface area contributed by atoms with Crippen molar-refractivity contribution < 1.29 is 45.2 Å². The first kappa shape index (κ1) is 25.8. The molecule has 18 heteroatoms. The Morgan fingerprint density at radius 1 is 1.47 bits per heavy atom. The highest BCUT2D eigenvalue weighted by atomic mass is 32.2. The lowest BCUT2D eigenvalue weighted by atomic mass is 9.85.